The third-order valence-electron chi connectivity index (χ3n) is 3.60. The van der Waals surface area contributed by atoms with E-state index in [1.54, 1.807) is 42.5 Å². The van der Waals surface area contributed by atoms with Crippen LogP contribution in [-0.4, -0.2) is 24.0 Å². The number of carbonyl (C=O) groups is 2. The normalized spacial score (nSPS) is 11.0. The number of nitrogens with one attached hydrogen (secondary N) is 2. The second kappa shape index (κ2) is 9.80. The van der Waals surface area contributed by atoms with Crippen LogP contribution in [0.1, 0.15) is 44.0 Å². The summed E-state index contributed by atoms with van der Waals surface area (Å²) >= 11 is 11.9. The molecule has 2 N–H and O–H groups in total. The Hall–Kier alpha value is -2.24. The van der Waals surface area contributed by atoms with E-state index in [1.807, 2.05) is 20.8 Å². The van der Waals surface area contributed by atoms with Crippen LogP contribution in [-0.2, 0) is 4.79 Å². The van der Waals surface area contributed by atoms with Crippen molar-refractivity contribution >= 4 is 40.7 Å². The van der Waals surface area contributed by atoms with Crippen LogP contribution in [0, 0.1) is 0 Å². The Morgan fingerprint density at radius 1 is 1.07 bits per heavy atom. The first-order chi connectivity index (χ1) is 13.1. The van der Waals surface area contributed by atoms with Crippen molar-refractivity contribution in [2.75, 3.05) is 11.9 Å². The number of rotatable bonds is 7. The predicted octanol–water partition coefficient (Wildman–Crippen LogP) is 5.32. The molecule has 0 saturated heterocycles. The lowest BCUT2D eigenvalue weighted by Gasteiger charge is -2.20. The van der Waals surface area contributed by atoms with Gasteiger partial charge < -0.3 is 15.4 Å². The first-order valence-corrected chi connectivity index (χ1v) is 9.70. The van der Waals surface area contributed by atoms with Crippen LogP contribution in [0.5, 0.6) is 5.75 Å². The number of amides is 2. The first kappa shape index (κ1) is 22.1. The molecule has 0 radical (unpaired) electrons. The number of halogens is 2. The van der Waals surface area contributed by atoms with E-state index in [9.17, 15) is 9.59 Å². The van der Waals surface area contributed by atoms with Crippen molar-refractivity contribution in [1.29, 1.82) is 0 Å². The van der Waals surface area contributed by atoms with Crippen LogP contribution in [0.2, 0.25) is 10.0 Å². The minimum atomic E-state index is -0.330. The second-order valence-corrected chi connectivity index (χ2v) is 8.20. The van der Waals surface area contributed by atoms with E-state index in [1.165, 1.54) is 0 Å². The summed E-state index contributed by atoms with van der Waals surface area (Å²) < 4.78 is 5.57. The molecule has 2 aromatic rings. The van der Waals surface area contributed by atoms with Gasteiger partial charge >= 0.3 is 0 Å². The van der Waals surface area contributed by atoms with Crippen molar-refractivity contribution in [3.05, 3.63) is 58.1 Å². The molecule has 0 aliphatic carbocycles. The van der Waals surface area contributed by atoms with Gasteiger partial charge in [0.1, 0.15) is 5.75 Å². The summed E-state index contributed by atoms with van der Waals surface area (Å²) in [5.41, 5.74) is 0.741. The fraction of sp³-hybridized carbons (Fsp3) is 0.333. The average Bonchev–Trinajstić information content (AvgIpc) is 2.59. The van der Waals surface area contributed by atoms with Gasteiger partial charge in [-0.3, -0.25) is 9.59 Å². The Balaban J connectivity index is 1.81. The van der Waals surface area contributed by atoms with Gasteiger partial charge in [-0.2, -0.15) is 0 Å². The van der Waals surface area contributed by atoms with Gasteiger partial charge in [0.25, 0.3) is 5.91 Å². The highest BCUT2D eigenvalue weighted by atomic mass is 35.5. The van der Waals surface area contributed by atoms with E-state index in [0.29, 0.717) is 40.1 Å². The maximum atomic E-state index is 12.2. The fourth-order valence-electron chi connectivity index (χ4n) is 2.38. The van der Waals surface area contributed by atoms with Gasteiger partial charge in [-0.05, 0) is 63.6 Å². The largest absolute Gasteiger partial charge is 0.492 e. The number of hydrogen-bond donors (Lipinski definition) is 2. The van der Waals surface area contributed by atoms with Crippen molar-refractivity contribution in [1.82, 2.24) is 5.32 Å². The average molecular weight is 423 g/mol. The molecule has 0 bridgehead atoms. The highest BCUT2D eigenvalue weighted by molar-refractivity contribution is 6.35. The molecular weight excluding hydrogens is 399 g/mol. The summed E-state index contributed by atoms with van der Waals surface area (Å²) in [5.74, 6) is 0.195. The summed E-state index contributed by atoms with van der Waals surface area (Å²) in [6.07, 6.45) is 0.804. The molecule has 0 aliphatic heterocycles. The number of anilines is 1. The monoisotopic (exact) mass is 422 g/mol. The molecule has 5 nitrogen and oxygen atoms in total. The Labute approximate surface area is 175 Å². The second-order valence-electron chi connectivity index (χ2n) is 7.36. The Kier molecular flexibility index (Phi) is 7.72. The molecule has 28 heavy (non-hydrogen) atoms. The summed E-state index contributed by atoms with van der Waals surface area (Å²) in [4.78, 5) is 24.4. The molecule has 0 fully saturated rings. The molecule has 0 saturated carbocycles. The fourth-order valence-corrected chi connectivity index (χ4v) is 2.84. The molecule has 2 amide bonds. The van der Waals surface area contributed by atoms with E-state index in [2.05, 4.69) is 10.6 Å². The van der Waals surface area contributed by atoms with E-state index in [0.717, 1.165) is 0 Å². The van der Waals surface area contributed by atoms with Crippen molar-refractivity contribution in [2.24, 2.45) is 0 Å². The third kappa shape index (κ3) is 7.41. The van der Waals surface area contributed by atoms with Crippen LogP contribution < -0.4 is 15.4 Å². The van der Waals surface area contributed by atoms with Crippen LogP contribution in [0.4, 0.5) is 5.69 Å². The maximum Gasteiger partial charge on any atom is 0.251 e. The van der Waals surface area contributed by atoms with Crippen LogP contribution >= 0.6 is 23.2 Å². The zero-order valence-electron chi connectivity index (χ0n) is 16.1. The van der Waals surface area contributed by atoms with Crippen molar-refractivity contribution in [3.8, 4) is 5.75 Å². The topological polar surface area (TPSA) is 67.4 Å². The van der Waals surface area contributed by atoms with Crippen LogP contribution in [0.15, 0.2) is 42.5 Å². The molecule has 2 rings (SSSR count). The van der Waals surface area contributed by atoms with E-state index in [-0.39, 0.29) is 23.8 Å². The first-order valence-electron chi connectivity index (χ1n) is 8.94. The molecule has 150 valence electrons. The molecule has 0 atom stereocenters. The van der Waals surface area contributed by atoms with Crippen molar-refractivity contribution in [2.45, 2.75) is 39.2 Å². The van der Waals surface area contributed by atoms with Crippen molar-refractivity contribution < 1.29 is 14.3 Å². The summed E-state index contributed by atoms with van der Waals surface area (Å²) in [5, 5.41) is 6.66. The summed E-state index contributed by atoms with van der Waals surface area (Å²) in [7, 11) is 0. The lowest BCUT2D eigenvalue weighted by Crippen LogP contribution is -2.40. The molecule has 0 spiro atoms. The molecule has 0 unspecified atom stereocenters. The minimum Gasteiger partial charge on any atom is -0.492 e. The van der Waals surface area contributed by atoms with Crippen molar-refractivity contribution in [3.63, 3.8) is 0 Å². The zero-order chi connectivity index (χ0) is 20.7. The highest BCUT2D eigenvalue weighted by Crippen LogP contribution is 2.27. The van der Waals surface area contributed by atoms with Gasteiger partial charge in [0.05, 0.1) is 11.6 Å². The predicted molar refractivity (Wildman–Crippen MR) is 113 cm³/mol. The Morgan fingerprint density at radius 3 is 2.50 bits per heavy atom. The van der Waals surface area contributed by atoms with Gasteiger partial charge in [0.2, 0.25) is 5.91 Å². The molecule has 2 aromatic carbocycles. The molecule has 0 heterocycles. The van der Waals surface area contributed by atoms with E-state index in [4.69, 9.17) is 27.9 Å². The Bertz CT molecular complexity index is 848. The molecular formula is C21H24Cl2N2O3. The number of ether oxygens (including phenoxy) is 1. The summed E-state index contributed by atoms with van der Waals surface area (Å²) in [6.45, 7) is 6.09. The lowest BCUT2D eigenvalue weighted by atomic mass is 10.1. The number of hydrogen-bond acceptors (Lipinski definition) is 3. The number of carbonyl (C=O) groups excluding carboxylic acids is 2. The summed E-state index contributed by atoms with van der Waals surface area (Å²) in [6, 6.07) is 11.8. The highest BCUT2D eigenvalue weighted by Gasteiger charge is 2.15. The van der Waals surface area contributed by atoms with Crippen LogP contribution in [0.3, 0.4) is 0 Å². The van der Waals surface area contributed by atoms with E-state index < -0.39 is 0 Å². The number of benzene rings is 2. The van der Waals surface area contributed by atoms with Gasteiger partial charge in [-0.25, -0.2) is 0 Å². The zero-order valence-corrected chi connectivity index (χ0v) is 17.7. The molecule has 0 aromatic heterocycles. The third-order valence-corrected chi connectivity index (χ3v) is 4.13. The van der Waals surface area contributed by atoms with Gasteiger partial charge in [-0.1, -0.05) is 29.3 Å². The van der Waals surface area contributed by atoms with Crippen LogP contribution in [0.25, 0.3) is 0 Å². The lowest BCUT2D eigenvalue weighted by molar-refractivity contribution is -0.116. The maximum absolute atomic E-state index is 12.2. The van der Waals surface area contributed by atoms with Gasteiger partial charge in [0.15, 0.2) is 0 Å². The standard InChI is InChI=1S/C21H24Cl2N2O3/c1-21(2,3)25-20(27)14-6-4-7-16(12-14)24-19(26)8-5-11-28-18-10-9-15(22)13-17(18)23/h4,6-7,9-10,12-13H,5,8,11H2,1-3H3,(H,24,26)(H,25,27). The minimum absolute atomic E-state index is 0.154. The molecule has 0 aliphatic rings. The van der Waals surface area contributed by atoms with Gasteiger partial charge in [0, 0.05) is 28.2 Å². The SMILES string of the molecule is CC(C)(C)NC(=O)c1cccc(NC(=O)CCCOc2ccc(Cl)cc2Cl)c1. The molecule has 7 heteroatoms. The van der Waals surface area contributed by atoms with E-state index >= 15 is 0 Å². The Morgan fingerprint density at radius 2 is 1.82 bits per heavy atom. The quantitative estimate of drug-likeness (QED) is 0.593. The smallest absolute Gasteiger partial charge is 0.251 e. The van der Waals surface area contributed by atoms with Gasteiger partial charge in [-0.15, -0.1) is 0 Å².